The highest BCUT2D eigenvalue weighted by atomic mass is 19.1. The van der Waals surface area contributed by atoms with Crippen molar-refractivity contribution in [3.05, 3.63) is 71.7 Å². The highest BCUT2D eigenvalue weighted by Crippen LogP contribution is 2.45. The van der Waals surface area contributed by atoms with E-state index in [0.717, 1.165) is 46.1 Å². The van der Waals surface area contributed by atoms with Crippen LogP contribution in [-0.2, 0) is 9.53 Å². The molecular formula is C28H30FNO4. The fraction of sp³-hybridized carbons (Fsp3) is 0.357. The van der Waals surface area contributed by atoms with Gasteiger partial charge in [0.2, 0.25) is 0 Å². The number of ether oxygens (including phenoxy) is 1. The average Bonchev–Trinajstić information content (AvgIpc) is 3.62. The fourth-order valence-corrected chi connectivity index (χ4v) is 4.16. The summed E-state index contributed by atoms with van der Waals surface area (Å²) in [5, 5.41) is 21.7. The number of fused-ring (bicyclic) bond motifs is 1. The molecule has 5 nitrogen and oxygen atoms in total. The summed E-state index contributed by atoms with van der Waals surface area (Å²) in [4.78, 5) is 16.7. The van der Waals surface area contributed by atoms with Crippen molar-refractivity contribution < 1.29 is 24.1 Å². The number of esters is 1. The number of nitrogens with zero attached hydrogens (tertiary/aromatic N) is 1. The Balaban J connectivity index is 1.66. The fourth-order valence-electron chi connectivity index (χ4n) is 4.16. The van der Waals surface area contributed by atoms with E-state index in [0.29, 0.717) is 5.92 Å². The number of carbonyl (C=O) groups is 1. The molecule has 1 fully saturated rings. The second-order valence-electron chi connectivity index (χ2n) is 9.14. The predicted molar refractivity (Wildman–Crippen MR) is 131 cm³/mol. The third-order valence-electron chi connectivity index (χ3n) is 5.82. The van der Waals surface area contributed by atoms with Gasteiger partial charge in [0.05, 0.1) is 35.9 Å². The van der Waals surface area contributed by atoms with E-state index in [4.69, 9.17) is 9.72 Å². The molecular weight excluding hydrogens is 433 g/mol. The van der Waals surface area contributed by atoms with E-state index < -0.39 is 18.2 Å². The van der Waals surface area contributed by atoms with Crippen LogP contribution in [0.1, 0.15) is 56.7 Å². The summed E-state index contributed by atoms with van der Waals surface area (Å²) in [7, 11) is 0. The third-order valence-corrected chi connectivity index (χ3v) is 5.82. The molecule has 6 heteroatoms. The molecule has 2 N–H and O–H groups in total. The van der Waals surface area contributed by atoms with Crippen LogP contribution in [0.2, 0.25) is 0 Å². The van der Waals surface area contributed by atoms with E-state index in [9.17, 15) is 19.4 Å². The number of aliphatic hydroxyl groups excluding tert-OH is 2. The molecule has 2 unspecified atom stereocenters. The Hall–Kier alpha value is -3.09. The number of aromatic nitrogens is 1. The van der Waals surface area contributed by atoms with Crippen LogP contribution < -0.4 is 0 Å². The molecule has 2 aromatic carbocycles. The average molecular weight is 464 g/mol. The van der Waals surface area contributed by atoms with Crippen LogP contribution in [-0.4, -0.2) is 39.5 Å². The normalized spacial score (nSPS) is 15.7. The lowest BCUT2D eigenvalue weighted by atomic mass is 9.92. The first-order valence-electron chi connectivity index (χ1n) is 11.7. The topological polar surface area (TPSA) is 79.7 Å². The van der Waals surface area contributed by atoms with Gasteiger partial charge >= 0.3 is 5.97 Å². The van der Waals surface area contributed by atoms with Crippen LogP contribution in [0.25, 0.3) is 28.1 Å². The Labute approximate surface area is 198 Å². The maximum atomic E-state index is 13.7. The summed E-state index contributed by atoms with van der Waals surface area (Å²) in [6.45, 7) is 3.49. The van der Waals surface area contributed by atoms with E-state index in [1.165, 1.54) is 12.1 Å². The van der Waals surface area contributed by atoms with Gasteiger partial charge < -0.3 is 14.9 Å². The minimum atomic E-state index is -1.01. The highest BCUT2D eigenvalue weighted by molar-refractivity contribution is 5.99. The molecule has 3 aromatic rings. The molecule has 0 radical (unpaired) electrons. The van der Waals surface area contributed by atoms with Crippen molar-refractivity contribution >= 4 is 22.9 Å². The van der Waals surface area contributed by atoms with Gasteiger partial charge in [-0.2, -0.15) is 0 Å². The molecule has 0 amide bonds. The van der Waals surface area contributed by atoms with Crippen LogP contribution >= 0.6 is 0 Å². The number of halogens is 1. The van der Waals surface area contributed by atoms with Crippen molar-refractivity contribution in [2.75, 3.05) is 0 Å². The molecule has 178 valence electrons. The SMILES string of the molecule is CC(C)OC(=O)CC(O)CC(O)/C=C/c1c(C2CC2)nc2ccccc2c1-c1ccc(F)cc1. The maximum Gasteiger partial charge on any atom is 0.308 e. The Kier molecular flexibility index (Phi) is 7.39. The molecule has 0 saturated heterocycles. The van der Waals surface area contributed by atoms with E-state index in [-0.39, 0.29) is 24.8 Å². The highest BCUT2D eigenvalue weighted by Gasteiger charge is 2.29. The number of rotatable bonds is 9. The molecule has 0 spiro atoms. The van der Waals surface area contributed by atoms with Crippen molar-refractivity contribution in [1.29, 1.82) is 0 Å². The zero-order valence-electron chi connectivity index (χ0n) is 19.4. The minimum absolute atomic E-state index is 0.00927. The van der Waals surface area contributed by atoms with Crippen molar-refractivity contribution in [2.45, 2.75) is 63.8 Å². The summed E-state index contributed by atoms with van der Waals surface area (Å²) in [6, 6.07) is 14.3. The van der Waals surface area contributed by atoms with Crippen LogP contribution in [0.3, 0.4) is 0 Å². The van der Waals surface area contributed by atoms with Crippen molar-refractivity contribution in [2.24, 2.45) is 0 Å². The summed E-state index contributed by atoms with van der Waals surface area (Å²) in [5.41, 5.74) is 4.54. The quantitative estimate of drug-likeness (QED) is 0.416. The van der Waals surface area contributed by atoms with Crippen LogP contribution in [0.15, 0.2) is 54.6 Å². The number of benzene rings is 2. The summed E-state index contributed by atoms with van der Waals surface area (Å²) in [5.74, 6) is -0.453. The van der Waals surface area contributed by atoms with E-state index in [1.807, 2.05) is 30.3 Å². The van der Waals surface area contributed by atoms with Gasteiger partial charge in [-0.05, 0) is 50.5 Å². The zero-order valence-corrected chi connectivity index (χ0v) is 19.4. The molecule has 0 aliphatic heterocycles. The Morgan fingerprint density at radius 2 is 1.85 bits per heavy atom. The molecule has 1 aliphatic rings. The number of carbonyl (C=O) groups excluding carboxylic acids is 1. The van der Waals surface area contributed by atoms with Gasteiger partial charge in [0.25, 0.3) is 0 Å². The lowest BCUT2D eigenvalue weighted by Crippen LogP contribution is -2.22. The van der Waals surface area contributed by atoms with Crippen molar-refractivity contribution in [3.63, 3.8) is 0 Å². The number of hydrogen-bond acceptors (Lipinski definition) is 5. The number of para-hydroxylation sites is 1. The molecule has 1 aromatic heterocycles. The lowest BCUT2D eigenvalue weighted by molar-refractivity contribution is -0.149. The van der Waals surface area contributed by atoms with E-state index in [1.54, 1.807) is 32.1 Å². The molecule has 34 heavy (non-hydrogen) atoms. The van der Waals surface area contributed by atoms with Gasteiger partial charge in [-0.15, -0.1) is 0 Å². The van der Waals surface area contributed by atoms with Gasteiger partial charge in [-0.1, -0.05) is 42.5 Å². The third kappa shape index (κ3) is 5.88. The Morgan fingerprint density at radius 3 is 2.53 bits per heavy atom. The van der Waals surface area contributed by atoms with E-state index >= 15 is 0 Å². The predicted octanol–water partition coefficient (Wildman–Crippen LogP) is 5.39. The number of pyridine rings is 1. The van der Waals surface area contributed by atoms with Crippen LogP contribution in [0, 0.1) is 5.82 Å². The molecule has 1 aliphatic carbocycles. The van der Waals surface area contributed by atoms with E-state index in [2.05, 4.69) is 0 Å². The first-order chi connectivity index (χ1) is 16.3. The minimum Gasteiger partial charge on any atom is -0.463 e. The molecule has 4 rings (SSSR count). The number of aliphatic hydroxyl groups is 2. The van der Waals surface area contributed by atoms with Gasteiger partial charge in [0.1, 0.15) is 5.82 Å². The van der Waals surface area contributed by atoms with Gasteiger partial charge in [0, 0.05) is 28.9 Å². The molecule has 1 heterocycles. The largest absolute Gasteiger partial charge is 0.463 e. The second-order valence-corrected chi connectivity index (χ2v) is 9.14. The number of hydrogen-bond donors (Lipinski definition) is 2. The summed E-state index contributed by atoms with van der Waals surface area (Å²) >= 11 is 0. The summed E-state index contributed by atoms with van der Waals surface area (Å²) in [6.07, 6.45) is 3.18. The van der Waals surface area contributed by atoms with Gasteiger partial charge in [-0.3, -0.25) is 9.78 Å². The monoisotopic (exact) mass is 463 g/mol. The standard InChI is InChI=1S/C28H30FNO4/c1-17(2)34-26(33)16-22(32)15-21(31)13-14-24-27(18-9-11-20(29)12-10-18)23-5-3-4-6-25(23)30-28(24)19-7-8-19/h3-6,9-14,17,19,21-22,31-32H,7-8,15-16H2,1-2H3/b14-13+. The maximum absolute atomic E-state index is 13.7. The molecule has 2 atom stereocenters. The Bertz CT molecular complexity index is 1180. The zero-order chi connectivity index (χ0) is 24.2. The van der Waals surface area contributed by atoms with Gasteiger partial charge in [-0.25, -0.2) is 4.39 Å². The first-order valence-corrected chi connectivity index (χ1v) is 11.7. The lowest BCUT2D eigenvalue weighted by Gasteiger charge is -2.17. The van der Waals surface area contributed by atoms with Crippen molar-refractivity contribution in [3.8, 4) is 11.1 Å². The molecule has 1 saturated carbocycles. The molecule has 0 bridgehead atoms. The smallest absolute Gasteiger partial charge is 0.308 e. The van der Waals surface area contributed by atoms with Crippen LogP contribution in [0.5, 0.6) is 0 Å². The van der Waals surface area contributed by atoms with Gasteiger partial charge in [0.15, 0.2) is 0 Å². The first kappa shape index (κ1) is 24.0. The second kappa shape index (κ2) is 10.5. The Morgan fingerprint density at radius 1 is 1.15 bits per heavy atom. The summed E-state index contributed by atoms with van der Waals surface area (Å²) < 4.78 is 18.7. The van der Waals surface area contributed by atoms with Crippen molar-refractivity contribution in [1.82, 2.24) is 4.98 Å². The van der Waals surface area contributed by atoms with Crippen LogP contribution in [0.4, 0.5) is 4.39 Å².